The number of hydrogen-bond acceptors (Lipinski definition) is 2. The highest BCUT2D eigenvalue weighted by Gasteiger charge is 2.23. The van der Waals surface area contributed by atoms with Crippen molar-refractivity contribution < 1.29 is 19.8 Å². The Kier molecular flexibility index (Phi) is 34.7. The van der Waals surface area contributed by atoms with E-state index in [0.29, 0.717) is 13.1 Å². The van der Waals surface area contributed by atoms with Crippen molar-refractivity contribution in [3.63, 3.8) is 0 Å². The van der Waals surface area contributed by atoms with Gasteiger partial charge in [-0.3, -0.25) is 0 Å². The maximum absolute atomic E-state index is 12.0. The van der Waals surface area contributed by atoms with E-state index in [1.807, 2.05) is 6.92 Å². The van der Waals surface area contributed by atoms with Crippen molar-refractivity contribution in [2.45, 2.75) is 232 Å². The molecule has 0 aliphatic heterocycles. The number of carboxylic acid groups (broad SMARTS) is 2. The molecule has 0 aliphatic rings. The number of rotatable bonds is 37. The minimum atomic E-state index is -0.939. The summed E-state index contributed by atoms with van der Waals surface area (Å²) in [6.45, 7) is 7.63. The molecule has 6 nitrogen and oxygen atoms in total. The molecule has 2 N–H and O–H groups in total. The molecule has 0 saturated heterocycles. The van der Waals surface area contributed by atoms with Crippen LogP contribution in [-0.4, -0.2) is 57.9 Å². The second-order valence-electron chi connectivity index (χ2n) is 14.7. The molecule has 0 saturated carbocycles. The summed E-state index contributed by atoms with van der Waals surface area (Å²) in [6, 6.07) is -0.332. The van der Waals surface area contributed by atoms with E-state index in [4.69, 9.17) is 0 Å². The smallest absolute Gasteiger partial charge is 0.407 e. The fourth-order valence-corrected chi connectivity index (χ4v) is 6.87. The Morgan fingerprint density at radius 3 is 0.915 bits per heavy atom. The molecule has 6 heteroatoms. The van der Waals surface area contributed by atoms with Gasteiger partial charge in [0, 0.05) is 25.7 Å². The first kappa shape index (κ1) is 45.5. The third-order valence-electron chi connectivity index (χ3n) is 10.1. The quantitative estimate of drug-likeness (QED) is 0.0647. The average molecular weight is 667 g/mol. The minimum Gasteiger partial charge on any atom is -0.465 e. The van der Waals surface area contributed by atoms with Crippen LogP contribution in [0.2, 0.25) is 0 Å². The Hall–Kier alpha value is -1.46. The van der Waals surface area contributed by atoms with E-state index in [0.717, 1.165) is 38.5 Å². The molecule has 0 aromatic rings. The zero-order chi connectivity index (χ0) is 34.6. The SMILES string of the molecule is CCCCCCCCCCCCCCCCCCN(CC(C)N(CCCCCCCCCCCCCCCCCC)C(=O)O)C(=O)O. The van der Waals surface area contributed by atoms with E-state index in [9.17, 15) is 19.8 Å². The van der Waals surface area contributed by atoms with Gasteiger partial charge in [-0.15, -0.1) is 0 Å². The summed E-state index contributed by atoms with van der Waals surface area (Å²) in [6.07, 6.45) is 39.6. The average Bonchev–Trinajstić information content (AvgIpc) is 3.05. The van der Waals surface area contributed by atoms with E-state index < -0.39 is 12.2 Å². The number of carbonyl (C=O) groups is 2. The third kappa shape index (κ3) is 31.6. The van der Waals surface area contributed by atoms with E-state index >= 15 is 0 Å². The van der Waals surface area contributed by atoms with Crippen LogP contribution in [0.25, 0.3) is 0 Å². The first-order valence-corrected chi connectivity index (χ1v) is 20.9. The molecule has 2 amide bonds. The fourth-order valence-electron chi connectivity index (χ4n) is 6.87. The molecule has 0 spiro atoms. The monoisotopic (exact) mass is 667 g/mol. The Labute approximate surface area is 293 Å². The maximum Gasteiger partial charge on any atom is 0.407 e. The lowest BCUT2D eigenvalue weighted by Gasteiger charge is -2.30. The van der Waals surface area contributed by atoms with Gasteiger partial charge in [-0.2, -0.15) is 0 Å². The number of hydrogen-bond donors (Lipinski definition) is 2. The second-order valence-corrected chi connectivity index (χ2v) is 14.7. The zero-order valence-corrected chi connectivity index (χ0v) is 31.9. The Morgan fingerprint density at radius 2 is 0.660 bits per heavy atom. The molecule has 0 aliphatic carbocycles. The summed E-state index contributed by atoms with van der Waals surface area (Å²) in [5.41, 5.74) is 0. The number of nitrogens with zero attached hydrogens (tertiary/aromatic N) is 2. The molecular formula is C41H82N2O4. The Balaban J connectivity index is 3.84. The van der Waals surface area contributed by atoms with Crippen LogP contribution in [-0.2, 0) is 0 Å². The van der Waals surface area contributed by atoms with Crippen LogP contribution in [0, 0.1) is 0 Å². The molecule has 0 aromatic carbocycles. The standard InChI is InChI=1S/C41H82N2O4/c1-4-6-8-10-12-14-16-18-20-22-24-26-28-30-32-34-36-42(40(44)45)38-39(3)43(41(46)47)37-35-33-31-29-27-25-23-21-19-17-15-13-11-9-7-5-2/h39H,4-38H2,1-3H3,(H,44,45)(H,46,47). The molecule has 0 aromatic heterocycles. The highest BCUT2D eigenvalue weighted by Crippen LogP contribution is 2.16. The number of amides is 2. The molecule has 0 fully saturated rings. The normalized spacial score (nSPS) is 12.0. The molecular weight excluding hydrogens is 584 g/mol. The van der Waals surface area contributed by atoms with E-state index in [-0.39, 0.29) is 12.6 Å². The van der Waals surface area contributed by atoms with Crippen molar-refractivity contribution in [2.75, 3.05) is 19.6 Å². The van der Waals surface area contributed by atoms with Crippen LogP contribution in [0.3, 0.4) is 0 Å². The molecule has 280 valence electrons. The van der Waals surface area contributed by atoms with E-state index in [1.54, 1.807) is 0 Å². The van der Waals surface area contributed by atoms with Gasteiger partial charge in [-0.05, 0) is 19.8 Å². The summed E-state index contributed by atoms with van der Waals surface area (Å²) in [7, 11) is 0. The summed E-state index contributed by atoms with van der Waals surface area (Å²) < 4.78 is 0. The summed E-state index contributed by atoms with van der Waals surface area (Å²) >= 11 is 0. The van der Waals surface area contributed by atoms with Gasteiger partial charge in [0.15, 0.2) is 0 Å². The highest BCUT2D eigenvalue weighted by molar-refractivity contribution is 5.66. The van der Waals surface area contributed by atoms with Gasteiger partial charge in [-0.1, -0.05) is 206 Å². The minimum absolute atomic E-state index is 0.249. The van der Waals surface area contributed by atoms with Crippen LogP contribution in [0.1, 0.15) is 226 Å². The van der Waals surface area contributed by atoms with Gasteiger partial charge in [0.25, 0.3) is 0 Å². The van der Waals surface area contributed by atoms with Crippen molar-refractivity contribution in [3.05, 3.63) is 0 Å². The molecule has 0 heterocycles. The Bertz CT molecular complexity index is 674. The van der Waals surface area contributed by atoms with Gasteiger partial charge >= 0.3 is 12.2 Å². The van der Waals surface area contributed by atoms with Crippen molar-refractivity contribution in [2.24, 2.45) is 0 Å². The fraction of sp³-hybridized carbons (Fsp3) is 0.951. The predicted molar refractivity (Wildman–Crippen MR) is 203 cm³/mol. The summed E-state index contributed by atoms with van der Waals surface area (Å²) in [5, 5.41) is 19.6. The van der Waals surface area contributed by atoms with Crippen LogP contribution in [0.5, 0.6) is 0 Å². The number of unbranched alkanes of at least 4 members (excludes halogenated alkanes) is 30. The largest absolute Gasteiger partial charge is 0.465 e. The van der Waals surface area contributed by atoms with E-state index in [1.165, 1.54) is 177 Å². The molecule has 0 rings (SSSR count). The highest BCUT2D eigenvalue weighted by atomic mass is 16.4. The maximum atomic E-state index is 12.0. The molecule has 1 atom stereocenters. The molecule has 1 unspecified atom stereocenters. The summed E-state index contributed by atoms with van der Waals surface area (Å²) in [4.78, 5) is 26.7. The van der Waals surface area contributed by atoms with Crippen molar-refractivity contribution in [1.29, 1.82) is 0 Å². The van der Waals surface area contributed by atoms with Crippen LogP contribution in [0.15, 0.2) is 0 Å². The van der Waals surface area contributed by atoms with Gasteiger partial charge < -0.3 is 20.0 Å². The molecule has 0 radical (unpaired) electrons. The first-order valence-electron chi connectivity index (χ1n) is 20.9. The molecule has 0 bridgehead atoms. The second kappa shape index (κ2) is 35.8. The lowest BCUT2D eigenvalue weighted by atomic mass is 10.0. The summed E-state index contributed by atoms with van der Waals surface area (Å²) in [5.74, 6) is 0. The van der Waals surface area contributed by atoms with E-state index in [2.05, 4.69) is 13.8 Å². The predicted octanol–water partition coefficient (Wildman–Crippen LogP) is 13.9. The topological polar surface area (TPSA) is 81.1 Å². The first-order chi connectivity index (χ1) is 22.9. The van der Waals surface area contributed by atoms with Crippen molar-refractivity contribution in [1.82, 2.24) is 9.80 Å². The van der Waals surface area contributed by atoms with Gasteiger partial charge in [0.1, 0.15) is 0 Å². The van der Waals surface area contributed by atoms with Crippen molar-refractivity contribution >= 4 is 12.2 Å². The van der Waals surface area contributed by atoms with Gasteiger partial charge in [0.05, 0.1) is 0 Å². The zero-order valence-electron chi connectivity index (χ0n) is 31.9. The van der Waals surface area contributed by atoms with Crippen LogP contribution < -0.4 is 0 Å². The van der Waals surface area contributed by atoms with Crippen molar-refractivity contribution in [3.8, 4) is 0 Å². The van der Waals surface area contributed by atoms with Crippen LogP contribution in [0.4, 0.5) is 9.59 Å². The van der Waals surface area contributed by atoms with Gasteiger partial charge in [0.2, 0.25) is 0 Å². The van der Waals surface area contributed by atoms with Crippen LogP contribution >= 0.6 is 0 Å². The lowest BCUT2D eigenvalue weighted by molar-refractivity contribution is 0.101. The van der Waals surface area contributed by atoms with Gasteiger partial charge in [-0.25, -0.2) is 9.59 Å². The lowest BCUT2D eigenvalue weighted by Crippen LogP contribution is -2.47. The Morgan fingerprint density at radius 1 is 0.404 bits per heavy atom. The third-order valence-corrected chi connectivity index (χ3v) is 10.1. The molecule has 47 heavy (non-hydrogen) atoms.